The minimum absolute atomic E-state index is 0.144. The van der Waals surface area contributed by atoms with Crippen LogP contribution in [0.1, 0.15) is 0 Å². The van der Waals surface area contributed by atoms with E-state index in [0.29, 0.717) is 0 Å². The van der Waals surface area contributed by atoms with Crippen LogP contribution in [0.25, 0.3) is 0 Å². The maximum absolute atomic E-state index is 11.3. The Balaban J connectivity index is 3.18. The number of nitrogens with one attached hydrogen (secondary N) is 1. The van der Waals surface area contributed by atoms with Crippen LogP contribution in [-0.2, 0) is 10.0 Å². The Morgan fingerprint density at radius 2 is 2.18 bits per heavy atom. The summed E-state index contributed by atoms with van der Waals surface area (Å²) in [4.78, 5) is 9.89. The number of benzene rings is 1. The highest BCUT2D eigenvalue weighted by molar-refractivity contribution is 7.92. The fourth-order valence-electron chi connectivity index (χ4n) is 1.04. The average molecular weight is 276 g/mol. The average Bonchev–Trinajstić information content (AvgIpc) is 2.15. The molecule has 90 valence electrons. The van der Waals surface area contributed by atoms with Crippen molar-refractivity contribution in [2.45, 2.75) is 0 Å². The number of hydrogen-bond donors (Lipinski definition) is 1. The molecule has 0 heterocycles. The van der Waals surface area contributed by atoms with Crippen molar-refractivity contribution in [3.63, 3.8) is 0 Å². The predicted molar refractivity (Wildman–Crippen MR) is 61.1 cm³/mol. The van der Waals surface area contributed by atoms with Gasteiger partial charge in [0.1, 0.15) is 5.69 Å². The summed E-state index contributed by atoms with van der Waals surface area (Å²) in [5, 5.41) is 19.1. The molecule has 0 aromatic heterocycles. The number of sulfonamides is 1. The fraction of sp³-hybridized carbons (Fsp3) is 0.125. The molecule has 0 bridgehead atoms. The van der Waals surface area contributed by atoms with Crippen LogP contribution in [0.5, 0.6) is 0 Å². The van der Waals surface area contributed by atoms with Gasteiger partial charge in [-0.2, -0.15) is 5.26 Å². The predicted octanol–water partition coefficient (Wildman–Crippen LogP) is 1.51. The molecular weight excluding hydrogens is 270 g/mol. The fourth-order valence-corrected chi connectivity index (χ4v) is 1.95. The first-order valence-corrected chi connectivity index (χ1v) is 6.20. The molecule has 1 aromatic rings. The van der Waals surface area contributed by atoms with Crippen LogP contribution in [0.15, 0.2) is 18.2 Å². The summed E-state index contributed by atoms with van der Waals surface area (Å²) in [6.07, 6.45) is 0. The van der Waals surface area contributed by atoms with Crippen molar-refractivity contribution in [1.82, 2.24) is 0 Å². The van der Waals surface area contributed by atoms with Crippen molar-refractivity contribution >= 4 is 33.0 Å². The van der Waals surface area contributed by atoms with Crippen molar-refractivity contribution in [3.8, 4) is 6.07 Å². The highest BCUT2D eigenvalue weighted by Gasteiger charge is 2.19. The van der Waals surface area contributed by atoms with E-state index in [1.807, 2.05) is 4.72 Å². The number of hydrogen-bond acceptors (Lipinski definition) is 5. The van der Waals surface area contributed by atoms with Crippen molar-refractivity contribution in [3.05, 3.63) is 33.3 Å². The molecule has 1 N–H and O–H groups in total. The normalized spacial score (nSPS) is 10.6. The van der Waals surface area contributed by atoms with Gasteiger partial charge >= 0.3 is 0 Å². The molecule has 0 aliphatic rings. The summed E-state index contributed by atoms with van der Waals surface area (Å²) in [7, 11) is -3.93. The zero-order valence-electron chi connectivity index (χ0n) is 8.25. The number of halogens is 1. The quantitative estimate of drug-likeness (QED) is 0.661. The van der Waals surface area contributed by atoms with Crippen LogP contribution in [0.2, 0.25) is 5.02 Å². The molecule has 7 nitrogen and oxygen atoms in total. The lowest BCUT2D eigenvalue weighted by Crippen LogP contribution is -2.16. The number of nitrogens with zero attached hydrogens (tertiary/aromatic N) is 2. The Labute approximate surface area is 102 Å². The molecule has 0 radical (unpaired) electrons. The molecule has 0 amide bonds. The summed E-state index contributed by atoms with van der Waals surface area (Å²) < 4.78 is 24.5. The van der Waals surface area contributed by atoms with Crippen molar-refractivity contribution in [2.75, 3.05) is 10.5 Å². The highest BCUT2D eigenvalue weighted by Crippen LogP contribution is 2.28. The van der Waals surface area contributed by atoms with Crippen LogP contribution in [0, 0.1) is 21.4 Å². The van der Waals surface area contributed by atoms with Gasteiger partial charge in [-0.15, -0.1) is 0 Å². The molecule has 9 heteroatoms. The number of anilines is 1. The summed E-state index contributed by atoms with van der Waals surface area (Å²) in [5.74, 6) is -0.795. The van der Waals surface area contributed by atoms with Crippen LogP contribution >= 0.6 is 11.6 Å². The van der Waals surface area contributed by atoms with Gasteiger partial charge in [-0.3, -0.25) is 14.8 Å². The smallest absolute Gasteiger partial charge is 0.276 e. The first kappa shape index (κ1) is 13.2. The zero-order chi connectivity index (χ0) is 13.1. The van der Waals surface area contributed by atoms with Crippen LogP contribution in [0.4, 0.5) is 11.4 Å². The summed E-state index contributed by atoms with van der Waals surface area (Å²) in [5.41, 5.74) is -0.700. The van der Waals surface area contributed by atoms with E-state index in [2.05, 4.69) is 0 Å². The van der Waals surface area contributed by atoms with Gasteiger partial charge in [0.05, 0.1) is 11.0 Å². The third-order valence-corrected chi connectivity index (χ3v) is 2.95. The lowest BCUT2D eigenvalue weighted by atomic mass is 10.3. The number of nitro benzene ring substituents is 1. The standard InChI is InChI=1S/C8H6ClN3O4S/c9-6-1-2-8(12(13)14)7(5-6)11-17(15,16)4-3-10/h1-2,5,11H,4H2. The lowest BCUT2D eigenvalue weighted by molar-refractivity contribution is -0.383. The largest absolute Gasteiger partial charge is 0.293 e. The molecule has 1 rings (SSSR count). The molecule has 17 heavy (non-hydrogen) atoms. The first-order valence-electron chi connectivity index (χ1n) is 4.17. The van der Waals surface area contributed by atoms with E-state index in [4.69, 9.17) is 16.9 Å². The molecule has 0 aliphatic carbocycles. The van der Waals surface area contributed by atoms with Crippen molar-refractivity contribution in [1.29, 1.82) is 5.26 Å². The van der Waals surface area contributed by atoms with E-state index in [9.17, 15) is 18.5 Å². The van der Waals surface area contributed by atoms with Gasteiger partial charge in [0.25, 0.3) is 5.69 Å². The maximum Gasteiger partial charge on any atom is 0.293 e. The topological polar surface area (TPSA) is 113 Å². The highest BCUT2D eigenvalue weighted by atomic mass is 35.5. The van der Waals surface area contributed by atoms with E-state index in [1.54, 1.807) is 0 Å². The van der Waals surface area contributed by atoms with E-state index in [1.165, 1.54) is 12.1 Å². The molecule has 0 atom stereocenters. The van der Waals surface area contributed by atoms with Crippen LogP contribution in [-0.4, -0.2) is 19.1 Å². The molecule has 0 saturated carbocycles. The molecule has 0 spiro atoms. The van der Waals surface area contributed by atoms with E-state index < -0.39 is 26.4 Å². The van der Waals surface area contributed by atoms with E-state index in [0.717, 1.165) is 12.1 Å². The van der Waals surface area contributed by atoms with E-state index in [-0.39, 0.29) is 10.7 Å². The number of rotatable bonds is 4. The van der Waals surface area contributed by atoms with Crippen molar-refractivity contribution < 1.29 is 13.3 Å². The summed E-state index contributed by atoms with van der Waals surface area (Å²) in [6.45, 7) is 0. The second-order valence-electron chi connectivity index (χ2n) is 2.94. The summed E-state index contributed by atoms with van der Waals surface area (Å²) >= 11 is 5.60. The second kappa shape index (κ2) is 4.99. The van der Waals surface area contributed by atoms with Gasteiger partial charge < -0.3 is 0 Å². The monoisotopic (exact) mass is 275 g/mol. The molecule has 0 saturated heterocycles. The Morgan fingerprint density at radius 3 is 2.71 bits per heavy atom. The minimum Gasteiger partial charge on any atom is -0.276 e. The number of nitro groups is 1. The third-order valence-electron chi connectivity index (χ3n) is 1.68. The second-order valence-corrected chi connectivity index (χ2v) is 5.10. The van der Waals surface area contributed by atoms with Gasteiger partial charge in [0, 0.05) is 11.1 Å². The molecular formula is C8H6ClN3O4S. The minimum atomic E-state index is -3.93. The molecule has 1 aromatic carbocycles. The molecule has 0 fully saturated rings. The van der Waals surface area contributed by atoms with Gasteiger partial charge in [-0.25, -0.2) is 8.42 Å². The third kappa shape index (κ3) is 3.58. The first-order chi connectivity index (χ1) is 7.85. The Kier molecular flexibility index (Phi) is 3.88. The van der Waals surface area contributed by atoms with E-state index >= 15 is 0 Å². The van der Waals surface area contributed by atoms with Crippen LogP contribution < -0.4 is 4.72 Å². The zero-order valence-corrected chi connectivity index (χ0v) is 9.83. The van der Waals surface area contributed by atoms with Gasteiger partial charge in [-0.1, -0.05) is 11.6 Å². The van der Waals surface area contributed by atoms with Gasteiger partial charge in [0.15, 0.2) is 5.75 Å². The Bertz CT molecular complexity index is 593. The van der Waals surface area contributed by atoms with Gasteiger partial charge in [0.2, 0.25) is 10.0 Å². The molecule has 0 aliphatic heterocycles. The number of nitriles is 1. The maximum atomic E-state index is 11.3. The Hall–Kier alpha value is -1.85. The Morgan fingerprint density at radius 1 is 1.53 bits per heavy atom. The SMILES string of the molecule is N#CCS(=O)(=O)Nc1cc(Cl)ccc1[N+](=O)[O-]. The van der Waals surface area contributed by atoms with Gasteiger partial charge in [-0.05, 0) is 12.1 Å². The van der Waals surface area contributed by atoms with Crippen LogP contribution in [0.3, 0.4) is 0 Å². The summed E-state index contributed by atoms with van der Waals surface area (Å²) in [6, 6.07) is 4.89. The lowest BCUT2D eigenvalue weighted by Gasteiger charge is -2.05. The van der Waals surface area contributed by atoms with Crippen molar-refractivity contribution in [2.24, 2.45) is 0 Å². The molecule has 0 unspecified atom stereocenters.